The Morgan fingerprint density at radius 2 is 2.58 bits per heavy atom. The molecule has 64 valence electrons. The molecule has 2 N–H and O–H groups in total. The Balaban J connectivity index is 2.52. The van der Waals surface area contributed by atoms with E-state index in [-0.39, 0.29) is 12.4 Å². The lowest BCUT2D eigenvalue weighted by atomic mass is 10.4. The van der Waals surface area contributed by atoms with E-state index in [4.69, 9.17) is 10.5 Å². The summed E-state index contributed by atoms with van der Waals surface area (Å²) in [6.45, 7) is 3.42. The van der Waals surface area contributed by atoms with E-state index in [0.717, 1.165) is 0 Å². The van der Waals surface area contributed by atoms with E-state index in [0.29, 0.717) is 10.8 Å². The van der Waals surface area contributed by atoms with Gasteiger partial charge in [0.2, 0.25) is 0 Å². The number of nitrogens with two attached hydrogens (primary N) is 1. The number of esters is 1. The van der Waals surface area contributed by atoms with Gasteiger partial charge in [0.25, 0.3) is 0 Å². The Morgan fingerprint density at radius 3 is 3.08 bits per heavy atom. The molecule has 12 heavy (non-hydrogen) atoms. The van der Waals surface area contributed by atoms with Crippen molar-refractivity contribution in [3.05, 3.63) is 24.1 Å². The highest BCUT2D eigenvalue weighted by molar-refractivity contribution is 7.14. The van der Waals surface area contributed by atoms with Crippen LogP contribution in [0.4, 0.5) is 5.00 Å². The van der Waals surface area contributed by atoms with Gasteiger partial charge in [-0.05, 0) is 0 Å². The number of anilines is 1. The molecule has 0 spiro atoms. The minimum atomic E-state index is -0.317. The average molecular weight is 183 g/mol. The molecule has 0 aliphatic carbocycles. The molecule has 0 saturated heterocycles. The second kappa shape index (κ2) is 3.92. The van der Waals surface area contributed by atoms with Crippen molar-refractivity contribution in [2.45, 2.75) is 6.42 Å². The van der Waals surface area contributed by atoms with Crippen LogP contribution < -0.4 is 10.5 Å². The van der Waals surface area contributed by atoms with Crippen molar-refractivity contribution in [2.75, 3.05) is 5.73 Å². The zero-order valence-electron chi connectivity index (χ0n) is 6.45. The monoisotopic (exact) mass is 183 g/mol. The number of nitrogen functional groups attached to an aromatic ring is 1. The first-order valence-electron chi connectivity index (χ1n) is 3.38. The van der Waals surface area contributed by atoms with Gasteiger partial charge in [-0.3, -0.25) is 4.79 Å². The number of hydrogen-bond acceptors (Lipinski definition) is 4. The van der Waals surface area contributed by atoms with Gasteiger partial charge in [0.05, 0.1) is 11.4 Å². The average Bonchev–Trinajstić information content (AvgIpc) is 2.36. The highest BCUT2D eigenvalue weighted by atomic mass is 32.1. The fraction of sp³-hybridized carbons (Fsp3) is 0.125. The van der Waals surface area contributed by atoms with Crippen molar-refractivity contribution in [1.29, 1.82) is 0 Å². The Morgan fingerprint density at radius 1 is 1.83 bits per heavy atom. The minimum absolute atomic E-state index is 0.218. The summed E-state index contributed by atoms with van der Waals surface area (Å²) in [6, 6.07) is 1.62. The van der Waals surface area contributed by atoms with E-state index in [2.05, 4.69) is 6.58 Å². The summed E-state index contributed by atoms with van der Waals surface area (Å²) in [5.41, 5.74) is 5.44. The van der Waals surface area contributed by atoms with Crippen LogP contribution >= 0.6 is 11.3 Å². The molecular weight excluding hydrogens is 174 g/mol. The summed E-state index contributed by atoms with van der Waals surface area (Å²) >= 11 is 1.34. The Kier molecular flexibility index (Phi) is 2.88. The molecule has 1 aromatic rings. The first-order valence-corrected chi connectivity index (χ1v) is 4.26. The van der Waals surface area contributed by atoms with Crippen molar-refractivity contribution in [1.82, 2.24) is 0 Å². The first kappa shape index (κ1) is 8.80. The van der Waals surface area contributed by atoms with Crippen LogP contribution in [0.15, 0.2) is 24.1 Å². The molecule has 0 aliphatic rings. The summed E-state index contributed by atoms with van der Waals surface area (Å²) in [4.78, 5) is 10.9. The van der Waals surface area contributed by atoms with Gasteiger partial charge in [-0.25, -0.2) is 0 Å². The van der Waals surface area contributed by atoms with Crippen molar-refractivity contribution in [3.63, 3.8) is 0 Å². The highest BCUT2D eigenvalue weighted by Gasteiger charge is 2.03. The minimum Gasteiger partial charge on any atom is -0.425 e. The van der Waals surface area contributed by atoms with Crippen LogP contribution in [-0.2, 0) is 4.79 Å². The first-order chi connectivity index (χ1) is 5.72. The quantitative estimate of drug-likeness (QED) is 0.574. The molecule has 0 amide bonds. The molecule has 0 fully saturated rings. The summed E-state index contributed by atoms with van der Waals surface area (Å²) in [7, 11) is 0. The molecular formula is C8H9NO2S. The zero-order valence-corrected chi connectivity index (χ0v) is 7.26. The number of ether oxygens (including phenoxy) is 1. The summed E-state index contributed by atoms with van der Waals surface area (Å²) < 4.78 is 4.90. The maximum atomic E-state index is 10.9. The molecule has 0 aliphatic heterocycles. The molecule has 0 unspecified atom stereocenters. The van der Waals surface area contributed by atoms with Gasteiger partial charge in [-0.15, -0.1) is 17.9 Å². The van der Waals surface area contributed by atoms with Crippen molar-refractivity contribution in [2.24, 2.45) is 0 Å². The SMILES string of the molecule is C=CCC(=O)Oc1csc(N)c1. The van der Waals surface area contributed by atoms with Gasteiger partial charge >= 0.3 is 5.97 Å². The van der Waals surface area contributed by atoms with E-state index in [1.165, 1.54) is 17.4 Å². The molecule has 1 rings (SSSR count). The van der Waals surface area contributed by atoms with Crippen molar-refractivity contribution in [3.8, 4) is 5.75 Å². The largest absolute Gasteiger partial charge is 0.425 e. The van der Waals surface area contributed by atoms with E-state index in [1.54, 1.807) is 11.4 Å². The van der Waals surface area contributed by atoms with Crippen LogP contribution in [0.5, 0.6) is 5.75 Å². The van der Waals surface area contributed by atoms with Crippen LogP contribution in [0, 0.1) is 0 Å². The molecule has 0 radical (unpaired) electrons. The predicted molar refractivity (Wildman–Crippen MR) is 49.2 cm³/mol. The number of hydrogen-bond donors (Lipinski definition) is 1. The summed E-state index contributed by atoms with van der Waals surface area (Å²) in [6.07, 6.45) is 1.72. The fourth-order valence-corrected chi connectivity index (χ4v) is 1.23. The summed E-state index contributed by atoms with van der Waals surface area (Å²) in [5, 5.41) is 2.33. The lowest BCUT2D eigenvalue weighted by Gasteiger charge is -1.96. The normalized spacial score (nSPS) is 9.33. The number of rotatable bonds is 3. The molecule has 3 nitrogen and oxygen atoms in total. The molecule has 1 heterocycles. The van der Waals surface area contributed by atoms with E-state index >= 15 is 0 Å². The molecule has 1 aromatic heterocycles. The number of carbonyl (C=O) groups is 1. The van der Waals surface area contributed by atoms with Gasteiger partial charge in [0, 0.05) is 11.4 Å². The maximum Gasteiger partial charge on any atom is 0.315 e. The molecule has 0 atom stereocenters. The van der Waals surface area contributed by atoms with Crippen LogP contribution in [-0.4, -0.2) is 5.97 Å². The second-order valence-electron chi connectivity index (χ2n) is 2.15. The third-order valence-electron chi connectivity index (χ3n) is 1.14. The zero-order chi connectivity index (χ0) is 8.97. The highest BCUT2D eigenvalue weighted by Crippen LogP contribution is 2.23. The lowest BCUT2D eigenvalue weighted by molar-refractivity contribution is -0.133. The molecule has 0 saturated carbocycles. The molecule has 4 heteroatoms. The van der Waals surface area contributed by atoms with Crippen LogP contribution in [0.3, 0.4) is 0 Å². The second-order valence-corrected chi connectivity index (χ2v) is 3.09. The maximum absolute atomic E-state index is 10.9. The molecule has 0 aromatic carbocycles. The van der Waals surface area contributed by atoms with Crippen molar-refractivity contribution >= 4 is 22.3 Å². The van der Waals surface area contributed by atoms with Gasteiger partial charge in [0.1, 0.15) is 5.75 Å². The topological polar surface area (TPSA) is 52.3 Å². The van der Waals surface area contributed by atoms with E-state index in [1.807, 2.05) is 0 Å². The Bertz CT molecular complexity index is 293. The van der Waals surface area contributed by atoms with Crippen LogP contribution in [0.25, 0.3) is 0 Å². The van der Waals surface area contributed by atoms with Crippen molar-refractivity contribution < 1.29 is 9.53 Å². The van der Waals surface area contributed by atoms with E-state index in [9.17, 15) is 4.79 Å². The molecule has 0 bridgehead atoms. The third kappa shape index (κ3) is 2.39. The van der Waals surface area contributed by atoms with E-state index < -0.39 is 0 Å². The predicted octanol–water partition coefficient (Wildman–Crippen LogP) is 1.81. The Hall–Kier alpha value is -1.29. The summed E-state index contributed by atoms with van der Waals surface area (Å²) in [5.74, 6) is 0.187. The van der Waals surface area contributed by atoms with Crippen LogP contribution in [0.1, 0.15) is 6.42 Å². The number of thiophene rings is 1. The van der Waals surface area contributed by atoms with Gasteiger partial charge in [0.15, 0.2) is 0 Å². The standard InChI is InChI=1S/C8H9NO2S/c1-2-3-8(10)11-6-4-7(9)12-5-6/h2,4-5H,1,3,9H2. The van der Waals surface area contributed by atoms with Gasteiger partial charge in [-0.1, -0.05) is 6.08 Å². The van der Waals surface area contributed by atoms with Gasteiger partial charge in [-0.2, -0.15) is 0 Å². The third-order valence-corrected chi connectivity index (χ3v) is 1.88. The van der Waals surface area contributed by atoms with Gasteiger partial charge < -0.3 is 10.5 Å². The Labute approximate surface area is 74.5 Å². The lowest BCUT2D eigenvalue weighted by Crippen LogP contribution is -2.04. The van der Waals surface area contributed by atoms with Crippen LogP contribution in [0.2, 0.25) is 0 Å². The number of carbonyl (C=O) groups excluding carboxylic acids is 1. The smallest absolute Gasteiger partial charge is 0.315 e. The fourth-order valence-electron chi connectivity index (χ4n) is 0.679.